The van der Waals surface area contributed by atoms with Gasteiger partial charge in [0.25, 0.3) is 0 Å². The molecule has 0 saturated heterocycles. The molecule has 2 aliphatic carbocycles. The second-order valence-corrected chi connectivity index (χ2v) is 7.08. The molecule has 0 aromatic rings. The van der Waals surface area contributed by atoms with Gasteiger partial charge in [-0.3, -0.25) is 0 Å². The van der Waals surface area contributed by atoms with Gasteiger partial charge in [-0.05, 0) is 43.6 Å². The van der Waals surface area contributed by atoms with Gasteiger partial charge in [-0.1, -0.05) is 12.8 Å². The molecule has 0 heterocycles. The van der Waals surface area contributed by atoms with E-state index in [0.717, 1.165) is 12.3 Å². The van der Waals surface area contributed by atoms with Crippen LogP contribution in [0.5, 0.6) is 0 Å². The third-order valence-electron chi connectivity index (χ3n) is 4.06. The van der Waals surface area contributed by atoms with Crippen molar-refractivity contribution < 1.29 is 5.11 Å². The second kappa shape index (κ2) is 4.26. The van der Waals surface area contributed by atoms with Crippen LogP contribution in [0.15, 0.2) is 0 Å². The summed E-state index contributed by atoms with van der Waals surface area (Å²) in [6.07, 6.45) is 10.7. The van der Waals surface area contributed by atoms with Crippen molar-refractivity contribution >= 4 is 23.5 Å². The molecule has 82 valence electrons. The van der Waals surface area contributed by atoms with Crippen LogP contribution in [0.4, 0.5) is 0 Å². The zero-order valence-corrected chi connectivity index (χ0v) is 10.7. The van der Waals surface area contributed by atoms with Crippen molar-refractivity contribution in [1.82, 2.24) is 0 Å². The summed E-state index contributed by atoms with van der Waals surface area (Å²) >= 11 is 3.94. The Morgan fingerprint density at radius 3 is 2.43 bits per heavy atom. The average Bonchev–Trinajstić information content (AvgIpc) is 2.53. The quantitative estimate of drug-likeness (QED) is 0.739. The zero-order valence-electron chi connectivity index (χ0n) is 9.03. The molecule has 0 radical (unpaired) electrons. The third-order valence-corrected chi connectivity index (χ3v) is 7.38. The van der Waals surface area contributed by atoms with Gasteiger partial charge < -0.3 is 5.11 Å². The molecule has 2 aliphatic rings. The van der Waals surface area contributed by atoms with Crippen LogP contribution in [-0.2, 0) is 0 Å². The topological polar surface area (TPSA) is 20.2 Å². The van der Waals surface area contributed by atoms with Gasteiger partial charge in [-0.25, -0.2) is 0 Å². The van der Waals surface area contributed by atoms with Gasteiger partial charge >= 0.3 is 0 Å². The van der Waals surface area contributed by atoms with Crippen molar-refractivity contribution in [3.05, 3.63) is 0 Å². The molecule has 0 spiro atoms. The molecular formula is C11H20OS2. The monoisotopic (exact) mass is 232 g/mol. The minimum absolute atomic E-state index is 0.0276. The van der Waals surface area contributed by atoms with Gasteiger partial charge in [0.05, 0.1) is 10.2 Å². The highest BCUT2D eigenvalue weighted by atomic mass is 32.2. The molecular weight excluding hydrogens is 212 g/mol. The van der Waals surface area contributed by atoms with E-state index in [0.29, 0.717) is 10.00 Å². The van der Waals surface area contributed by atoms with E-state index in [1.54, 1.807) is 0 Å². The number of thioether (sulfide) groups is 2. The molecule has 2 saturated carbocycles. The van der Waals surface area contributed by atoms with Crippen LogP contribution < -0.4 is 0 Å². The first-order chi connectivity index (χ1) is 6.73. The van der Waals surface area contributed by atoms with Gasteiger partial charge in [-0.2, -0.15) is 0 Å². The van der Waals surface area contributed by atoms with Gasteiger partial charge in [0.1, 0.15) is 0 Å². The van der Waals surface area contributed by atoms with Crippen molar-refractivity contribution in [2.45, 2.75) is 42.3 Å². The van der Waals surface area contributed by atoms with Crippen molar-refractivity contribution in [2.24, 2.45) is 11.8 Å². The second-order valence-electron chi connectivity index (χ2n) is 4.55. The normalized spacial score (nSPS) is 40.9. The lowest BCUT2D eigenvalue weighted by Gasteiger charge is -2.36. The van der Waals surface area contributed by atoms with Crippen LogP contribution in [0.1, 0.15) is 32.1 Å². The number of hydrogen-bond acceptors (Lipinski definition) is 3. The molecule has 0 unspecified atom stereocenters. The summed E-state index contributed by atoms with van der Waals surface area (Å²) in [6, 6.07) is 0. The first-order valence-corrected chi connectivity index (χ1v) is 7.97. The maximum atomic E-state index is 10.1. The molecule has 1 nitrogen and oxygen atoms in total. The van der Waals surface area contributed by atoms with Crippen LogP contribution >= 0.6 is 23.5 Å². The van der Waals surface area contributed by atoms with Crippen LogP contribution in [0.25, 0.3) is 0 Å². The zero-order chi connectivity index (χ0) is 10.2. The summed E-state index contributed by atoms with van der Waals surface area (Å²) in [5.74, 6) is 1.36. The van der Waals surface area contributed by atoms with Gasteiger partial charge in [0.15, 0.2) is 0 Å². The van der Waals surface area contributed by atoms with Crippen LogP contribution in [-0.4, -0.2) is 27.8 Å². The Morgan fingerprint density at radius 2 is 1.79 bits per heavy atom. The first-order valence-electron chi connectivity index (χ1n) is 5.52. The van der Waals surface area contributed by atoms with Crippen molar-refractivity contribution in [3.8, 4) is 0 Å². The number of fused-ring (bicyclic) bond motifs is 1. The fraction of sp³-hybridized carbons (Fsp3) is 1.00. The highest BCUT2D eigenvalue weighted by molar-refractivity contribution is 8.17. The maximum Gasteiger partial charge on any atom is 0.0661 e. The molecule has 14 heavy (non-hydrogen) atoms. The van der Waals surface area contributed by atoms with Crippen LogP contribution in [0.3, 0.4) is 0 Å². The van der Waals surface area contributed by atoms with E-state index >= 15 is 0 Å². The molecule has 2 rings (SSSR count). The molecule has 3 atom stereocenters. The molecule has 0 aliphatic heterocycles. The fourth-order valence-electron chi connectivity index (χ4n) is 3.31. The van der Waals surface area contributed by atoms with E-state index in [9.17, 15) is 5.11 Å². The Hall–Kier alpha value is 0.660. The summed E-state index contributed by atoms with van der Waals surface area (Å²) in [6.45, 7) is 0. The molecule has 3 heteroatoms. The minimum Gasteiger partial charge on any atom is -0.393 e. The predicted octanol–water partition coefficient (Wildman–Crippen LogP) is 2.98. The van der Waals surface area contributed by atoms with Crippen molar-refractivity contribution in [2.75, 3.05) is 12.5 Å². The van der Waals surface area contributed by atoms with Gasteiger partial charge in [-0.15, -0.1) is 23.5 Å². The van der Waals surface area contributed by atoms with Crippen molar-refractivity contribution in [1.29, 1.82) is 0 Å². The predicted molar refractivity (Wildman–Crippen MR) is 65.8 cm³/mol. The molecule has 1 N–H and O–H groups in total. The van der Waals surface area contributed by atoms with E-state index in [1.165, 1.54) is 25.7 Å². The van der Waals surface area contributed by atoms with E-state index in [2.05, 4.69) is 12.5 Å². The molecule has 0 aromatic heterocycles. The lowest BCUT2D eigenvalue weighted by molar-refractivity contribution is 0.0962. The molecule has 0 bridgehead atoms. The maximum absolute atomic E-state index is 10.1. The minimum atomic E-state index is -0.0276. The third kappa shape index (κ3) is 1.61. The molecule has 2 fully saturated rings. The Labute approximate surface area is 95.4 Å². The summed E-state index contributed by atoms with van der Waals surface area (Å²) in [4.78, 5) is 0. The summed E-state index contributed by atoms with van der Waals surface area (Å²) < 4.78 is 0.324. The summed E-state index contributed by atoms with van der Waals surface area (Å²) in [5.41, 5.74) is 0. The Kier molecular flexibility index (Phi) is 3.40. The van der Waals surface area contributed by atoms with Gasteiger partial charge in [0.2, 0.25) is 0 Å². The Balaban J connectivity index is 2.20. The molecule has 0 aromatic carbocycles. The summed E-state index contributed by atoms with van der Waals surface area (Å²) in [7, 11) is 0. The number of aliphatic hydroxyl groups is 1. The van der Waals surface area contributed by atoms with E-state index in [1.807, 2.05) is 23.5 Å². The van der Waals surface area contributed by atoms with E-state index in [-0.39, 0.29) is 6.10 Å². The molecule has 0 amide bonds. The number of hydrogen-bond donors (Lipinski definition) is 1. The Bertz CT molecular complexity index is 203. The lowest BCUT2D eigenvalue weighted by Crippen LogP contribution is -2.30. The highest BCUT2D eigenvalue weighted by Gasteiger charge is 2.52. The highest BCUT2D eigenvalue weighted by Crippen LogP contribution is 2.58. The van der Waals surface area contributed by atoms with E-state index in [4.69, 9.17) is 0 Å². The Morgan fingerprint density at radius 1 is 1.14 bits per heavy atom. The number of rotatable bonds is 2. The van der Waals surface area contributed by atoms with Gasteiger partial charge in [0, 0.05) is 0 Å². The van der Waals surface area contributed by atoms with Crippen molar-refractivity contribution in [3.63, 3.8) is 0 Å². The smallest absolute Gasteiger partial charge is 0.0661 e. The summed E-state index contributed by atoms with van der Waals surface area (Å²) in [5, 5.41) is 10.1. The lowest BCUT2D eigenvalue weighted by atomic mass is 9.81. The first kappa shape index (κ1) is 11.2. The van der Waals surface area contributed by atoms with Crippen LogP contribution in [0, 0.1) is 11.8 Å². The van der Waals surface area contributed by atoms with Crippen LogP contribution in [0.2, 0.25) is 0 Å². The number of aliphatic hydroxyl groups excluding tert-OH is 1. The van der Waals surface area contributed by atoms with E-state index < -0.39 is 0 Å². The average molecular weight is 232 g/mol. The SMILES string of the molecule is CSC1(SC)C[C@@H](O)[C@@H]2CCCC[C@@H]21. The standard InChI is InChI=1S/C11H20OS2/c1-13-11(14-2)7-10(12)8-5-3-4-6-9(8)11/h8-10,12H,3-7H2,1-2H3/t8-,9+,10-/m1/s1. The largest absolute Gasteiger partial charge is 0.393 e. The fourth-order valence-corrected chi connectivity index (χ4v) is 5.85.